The molecule has 0 saturated carbocycles. The van der Waals surface area contributed by atoms with E-state index in [1.807, 2.05) is 0 Å². The van der Waals surface area contributed by atoms with Crippen LogP contribution < -0.4 is 5.32 Å². The summed E-state index contributed by atoms with van der Waals surface area (Å²) in [7, 11) is -3.40. The predicted octanol–water partition coefficient (Wildman–Crippen LogP) is 2.23. The van der Waals surface area contributed by atoms with Crippen LogP contribution in [0.5, 0.6) is 0 Å². The van der Waals surface area contributed by atoms with Crippen molar-refractivity contribution in [3.05, 3.63) is 41.2 Å². The van der Waals surface area contributed by atoms with E-state index in [1.54, 1.807) is 36.6 Å². The number of hydrogen-bond acceptors (Lipinski definition) is 5. The number of thiophene rings is 1. The molecule has 0 atom stereocenters. The van der Waals surface area contributed by atoms with Crippen molar-refractivity contribution in [2.75, 3.05) is 13.1 Å². The van der Waals surface area contributed by atoms with Gasteiger partial charge in [0.2, 0.25) is 0 Å². The molecule has 0 bridgehead atoms. The minimum absolute atomic E-state index is 0.0392. The van der Waals surface area contributed by atoms with Gasteiger partial charge in [-0.15, -0.1) is 11.3 Å². The number of nitrogens with zero attached hydrogens (tertiary/aromatic N) is 1. The van der Waals surface area contributed by atoms with Crippen LogP contribution >= 0.6 is 11.3 Å². The Bertz CT molecular complexity index is 772. The van der Waals surface area contributed by atoms with E-state index in [4.69, 9.17) is 4.42 Å². The lowest BCUT2D eigenvalue weighted by molar-refractivity contribution is 0.0894. The Morgan fingerprint density at radius 1 is 1.30 bits per heavy atom. The Kier molecular flexibility index (Phi) is 4.56. The zero-order chi connectivity index (χ0) is 16.4. The lowest BCUT2D eigenvalue weighted by Gasteiger charge is -2.31. The molecule has 124 valence electrons. The van der Waals surface area contributed by atoms with Gasteiger partial charge in [-0.1, -0.05) is 6.07 Å². The first kappa shape index (κ1) is 16.2. The number of carbonyl (C=O) groups excluding carboxylic acids is 1. The number of amides is 1. The highest BCUT2D eigenvalue weighted by molar-refractivity contribution is 7.91. The summed E-state index contributed by atoms with van der Waals surface area (Å²) in [6.07, 6.45) is 1.19. The Hall–Kier alpha value is -1.64. The number of nitrogens with one attached hydrogen (secondary N) is 1. The molecule has 1 fully saturated rings. The highest BCUT2D eigenvalue weighted by atomic mass is 32.2. The minimum atomic E-state index is -3.40. The van der Waals surface area contributed by atoms with Crippen LogP contribution in [-0.2, 0) is 10.0 Å². The molecular weight excluding hydrogens is 336 g/mol. The van der Waals surface area contributed by atoms with Gasteiger partial charge in [0.1, 0.15) is 9.97 Å². The molecule has 0 spiro atoms. The maximum absolute atomic E-state index is 12.4. The topological polar surface area (TPSA) is 79.6 Å². The van der Waals surface area contributed by atoms with Crippen LogP contribution in [0.2, 0.25) is 0 Å². The fourth-order valence-corrected chi connectivity index (χ4v) is 5.21. The summed E-state index contributed by atoms with van der Waals surface area (Å²) in [6.45, 7) is 2.59. The van der Waals surface area contributed by atoms with Crippen molar-refractivity contribution in [3.8, 4) is 0 Å². The molecule has 3 rings (SSSR count). The van der Waals surface area contributed by atoms with E-state index in [-0.39, 0.29) is 17.7 Å². The summed E-state index contributed by atoms with van der Waals surface area (Å²) in [5, 5.41) is 4.66. The average molecular weight is 354 g/mol. The van der Waals surface area contributed by atoms with Gasteiger partial charge in [-0.05, 0) is 43.3 Å². The van der Waals surface area contributed by atoms with E-state index in [0.717, 1.165) is 0 Å². The van der Waals surface area contributed by atoms with Gasteiger partial charge >= 0.3 is 0 Å². The number of furan rings is 1. The van der Waals surface area contributed by atoms with Crippen LogP contribution in [0.4, 0.5) is 0 Å². The second kappa shape index (κ2) is 6.46. The molecular formula is C15H18N2O4S2. The maximum Gasteiger partial charge on any atom is 0.287 e. The second-order valence-electron chi connectivity index (χ2n) is 5.49. The molecule has 2 aromatic rings. The number of piperidine rings is 1. The van der Waals surface area contributed by atoms with Gasteiger partial charge in [0.15, 0.2) is 5.76 Å². The summed E-state index contributed by atoms with van der Waals surface area (Å²) >= 11 is 1.22. The summed E-state index contributed by atoms with van der Waals surface area (Å²) in [4.78, 5) is 12.1. The fraction of sp³-hybridized carbons (Fsp3) is 0.400. The van der Waals surface area contributed by atoms with Crippen molar-refractivity contribution < 1.29 is 17.6 Å². The van der Waals surface area contributed by atoms with Crippen molar-refractivity contribution in [3.63, 3.8) is 0 Å². The summed E-state index contributed by atoms with van der Waals surface area (Å²) in [6, 6.07) is 6.69. The first-order valence-electron chi connectivity index (χ1n) is 7.38. The number of hydrogen-bond donors (Lipinski definition) is 1. The van der Waals surface area contributed by atoms with Crippen LogP contribution in [0.3, 0.4) is 0 Å². The Morgan fingerprint density at radius 2 is 2.04 bits per heavy atom. The summed E-state index contributed by atoms with van der Waals surface area (Å²) in [5.41, 5.74) is 0. The van der Waals surface area contributed by atoms with E-state index < -0.39 is 10.0 Å². The van der Waals surface area contributed by atoms with Gasteiger partial charge in [0.05, 0.1) is 0 Å². The molecule has 1 aliphatic heterocycles. The highest BCUT2D eigenvalue weighted by Crippen LogP contribution is 2.24. The van der Waals surface area contributed by atoms with Crippen molar-refractivity contribution in [2.24, 2.45) is 0 Å². The lowest BCUT2D eigenvalue weighted by atomic mass is 10.1. The smallest absolute Gasteiger partial charge is 0.287 e. The molecule has 6 nitrogen and oxygen atoms in total. The van der Waals surface area contributed by atoms with Gasteiger partial charge in [-0.3, -0.25) is 4.79 Å². The summed E-state index contributed by atoms with van der Waals surface area (Å²) < 4.78 is 32.0. The molecule has 1 amide bonds. The first-order valence-corrected chi connectivity index (χ1v) is 9.70. The third-order valence-electron chi connectivity index (χ3n) is 3.84. The van der Waals surface area contributed by atoms with Crippen molar-refractivity contribution in [1.82, 2.24) is 9.62 Å². The lowest BCUT2D eigenvalue weighted by Crippen LogP contribution is -2.46. The zero-order valence-corrected chi connectivity index (χ0v) is 14.3. The Balaban J connectivity index is 1.57. The molecule has 0 aromatic carbocycles. The predicted molar refractivity (Wildman–Crippen MR) is 87.0 cm³/mol. The molecule has 1 aliphatic rings. The van der Waals surface area contributed by atoms with Gasteiger partial charge in [0, 0.05) is 19.1 Å². The van der Waals surface area contributed by atoms with E-state index >= 15 is 0 Å². The molecule has 8 heteroatoms. The molecule has 3 heterocycles. The first-order chi connectivity index (χ1) is 11.0. The maximum atomic E-state index is 12.4. The standard InChI is InChI=1S/C15H18N2O4S2/c1-11-4-5-13(21-11)15(18)16-12-6-8-17(9-7-12)23(19,20)14-3-2-10-22-14/h2-5,10,12H,6-9H2,1H3,(H,16,18). The van der Waals surface area contributed by atoms with E-state index in [2.05, 4.69) is 5.32 Å². The van der Waals surface area contributed by atoms with Crippen LogP contribution in [0.25, 0.3) is 0 Å². The van der Waals surface area contributed by atoms with Crippen LogP contribution in [0.1, 0.15) is 29.2 Å². The van der Waals surface area contributed by atoms with Crippen LogP contribution in [-0.4, -0.2) is 37.8 Å². The van der Waals surface area contributed by atoms with Gasteiger partial charge in [-0.2, -0.15) is 4.31 Å². The highest BCUT2D eigenvalue weighted by Gasteiger charge is 2.30. The van der Waals surface area contributed by atoms with Gasteiger partial charge in [0.25, 0.3) is 15.9 Å². The van der Waals surface area contributed by atoms with Gasteiger partial charge in [-0.25, -0.2) is 8.42 Å². The summed E-state index contributed by atoms with van der Waals surface area (Å²) in [5.74, 6) is 0.723. The quantitative estimate of drug-likeness (QED) is 0.913. The monoisotopic (exact) mass is 354 g/mol. The van der Waals surface area contributed by atoms with Gasteiger partial charge < -0.3 is 9.73 Å². The number of aryl methyl sites for hydroxylation is 1. The average Bonchev–Trinajstić information content (AvgIpc) is 3.19. The number of rotatable bonds is 4. The third kappa shape index (κ3) is 3.49. The molecule has 0 unspecified atom stereocenters. The SMILES string of the molecule is Cc1ccc(C(=O)NC2CCN(S(=O)(=O)c3cccs3)CC2)o1. The Morgan fingerprint density at radius 3 is 2.61 bits per heavy atom. The third-order valence-corrected chi connectivity index (χ3v) is 7.11. The molecule has 1 N–H and O–H groups in total. The van der Waals surface area contributed by atoms with E-state index in [1.165, 1.54) is 15.6 Å². The number of carbonyl (C=O) groups is 1. The minimum Gasteiger partial charge on any atom is -0.456 e. The normalized spacial score (nSPS) is 17.3. The largest absolute Gasteiger partial charge is 0.456 e. The molecule has 23 heavy (non-hydrogen) atoms. The fourth-order valence-electron chi connectivity index (χ4n) is 2.59. The molecule has 2 aromatic heterocycles. The van der Waals surface area contributed by atoms with Crippen molar-refractivity contribution in [1.29, 1.82) is 0 Å². The van der Waals surface area contributed by atoms with Crippen molar-refractivity contribution >= 4 is 27.3 Å². The molecule has 0 radical (unpaired) electrons. The van der Waals surface area contributed by atoms with Crippen molar-refractivity contribution in [2.45, 2.75) is 30.0 Å². The zero-order valence-electron chi connectivity index (χ0n) is 12.7. The van der Waals surface area contributed by atoms with Crippen LogP contribution in [0, 0.1) is 6.92 Å². The second-order valence-corrected chi connectivity index (χ2v) is 8.61. The molecule has 0 aliphatic carbocycles. The molecule has 1 saturated heterocycles. The Labute approximate surface area is 139 Å². The van der Waals surface area contributed by atoms with Crippen LogP contribution in [0.15, 0.2) is 38.3 Å². The van der Waals surface area contributed by atoms with E-state index in [0.29, 0.717) is 35.9 Å². The van der Waals surface area contributed by atoms with E-state index in [9.17, 15) is 13.2 Å². The number of sulfonamides is 1.